The predicted octanol–water partition coefficient (Wildman–Crippen LogP) is 10.6. The van der Waals surface area contributed by atoms with E-state index >= 15 is 0 Å². The minimum Gasteiger partial charge on any atom is -0.480 e. The van der Waals surface area contributed by atoms with Gasteiger partial charge < -0.3 is 20.9 Å². The maximum atomic E-state index is 12.7. The maximum absolute atomic E-state index is 12.7. The van der Waals surface area contributed by atoms with Crippen molar-refractivity contribution in [2.24, 2.45) is 5.73 Å². The zero-order chi connectivity index (χ0) is 33.9. The number of unbranched alkanes of at least 4 members (excludes halogenated alkanes) is 22. The van der Waals surface area contributed by atoms with Crippen molar-refractivity contribution >= 4 is 17.8 Å². The molecule has 0 spiro atoms. The Morgan fingerprint density at radius 3 is 1.35 bits per heavy atom. The Kier molecular flexibility index (Phi) is 33.5. The van der Waals surface area contributed by atoms with Gasteiger partial charge in [-0.3, -0.25) is 9.59 Å². The zero-order valence-corrected chi connectivity index (χ0v) is 30.4. The molecule has 0 aliphatic rings. The fourth-order valence-electron chi connectivity index (χ4n) is 6.16. The summed E-state index contributed by atoms with van der Waals surface area (Å²) in [6.45, 7) is 4.94. The number of carboxylic acid groups (broad SMARTS) is 1. The molecular formula is C39H76N2O5. The zero-order valence-electron chi connectivity index (χ0n) is 30.4. The van der Waals surface area contributed by atoms with E-state index in [9.17, 15) is 19.5 Å². The van der Waals surface area contributed by atoms with E-state index in [4.69, 9.17) is 10.5 Å². The van der Waals surface area contributed by atoms with E-state index in [-0.39, 0.29) is 18.0 Å². The lowest BCUT2D eigenvalue weighted by molar-refractivity contribution is -0.150. The van der Waals surface area contributed by atoms with Crippen molar-refractivity contribution in [2.45, 2.75) is 225 Å². The number of hydrogen-bond donors (Lipinski definition) is 3. The van der Waals surface area contributed by atoms with Crippen molar-refractivity contribution in [1.82, 2.24) is 5.32 Å². The van der Waals surface area contributed by atoms with Crippen LogP contribution in [0.3, 0.4) is 0 Å². The summed E-state index contributed by atoms with van der Waals surface area (Å²) < 4.78 is 6.01. The molecule has 0 rings (SSSR count). The second kappa shape index (κ2) is 34.7. The number of hydrogen-bond acceptors (Lipinski definition) is 5. The highest BCUT2D eigenvalue weighted by Gasteiger charge is 2.19. The van der Waals surface area contributed by atoms with Gasteiger partial charge in [0.05, 0.1) is 0 Å². The van der Waals surface area contributed by atoms with Gasteiger partial charge in [-0.05, 0) is 57.9 Å². The third-order valence-electron chi connectivity index (χ3n) is 9.17. The van der Waals surface area contributed by atoms with Gasteiger partial charge in [0.2, 0.25) is 5.91 Å². The average molecular weight is 653 g/mol. The van der Waals surface area contributed by atoms with Crippen LogP contribution < -0.4 is 11.1 Å². The highest BCUT2D eigenvalue weighted by Crippen LogP contribution is 2.19. The topological polar surface area (TPSA) is 119 Å². The van der Waals surface area contributed by atoms with Gasteiger partial charge in [0.15, 0.2) is 0 Å². The first-order valence-electron chi connectivity index (χ1n) is 19.9. The Hall–Kier alpha value is -1.63. The first-order chi connectivity index (χ1) is 22.4. The Morgan fingerprint density at radius 2 is 0.935 bits per heavy atom. The van der Waals surface area contributed by atoms with Crippen LogP contribution in [0.5, 0.6) is 0 Å². The molecule has 46 heavy (non-hydrogen) atoms. The van der Waals surface area contributed by atoms with Crippen LogP contribution in [0, 0.1) is 0 Å². The molecule has 0 aromatic heterocycles. The van der Waals surface area contributed by atoms with Gasteiger partial charge in [-0.25, -0.2) is 4.79 Å². The molecule has 0 bridgehead atoms. The Balaban J connectivity index is 4.28. The molecule has 0 heterocycles. The van der Waals surface area contributed by atoms with E-state index in [1.807, 2.05) is 0 Å². The molecule has 4 N–H and O–H groups in total. The standard InChI is InChI=1S/C39H76N2O5/c1-3-5-7-9-11-13-15-17-20-24-29-35(46-38(43)33-27-23-18-16-14-12-10-8-6-4-2)30-25-21-19-22-26-32-37(42)41-36(39(44)45)31-28-34-40/h35-36H,3-34,40H2,1-2H3,(H,41,42)(H,44,45). The fourth-order valence-corrected chi connectivity index (χ4v) is 6.16. The Labute approximate surface area is 284 Å². The van der Waals surface area contributed by atoms with Crippen molar-refractivity contribution < 1.29 is 24.2 Å². The summed E-state index contributed by atoms with van der Waals surface area (Å²) in [5.74, 6) is -1.22. The third kappa shape index (κ3) is 31.0. The number of rotatable bonds is 36. The second-order valence-electron chi connectivity index (χ2n) is 13.7. The number of amides is 1. The molecule has 0 fully saturated rings. The van der Waals surface area contributed by atoms with Crippen LogP contribution in [-0.4, -0.2) is 41.6 Å². The summed E-state index contributed by atoms with van der Waals surface area (Å²) in [5.41, 5.74) is 5.47. The number of nitrogens with two attached hydrogens (primary N) is 1. The average Bonchev–Trinajstić information content (AvgIpc) is 3.03. The number of esters is 1. The van der Waals surface area contributed by atoms with E-state index in [1.54, 1.807) is 0 Å². The van der Waals surface area contributed by atoms with Crippen molar-refractivity contribution in [3.05, 3.63) is 0 Å². The minimum atomic E-state index is -1.00. The molecule has 272 valence electrons. The molecule has 0 aromatic rings. The van der Waals surface area contributed by atoms with Crippen LogP contribution in [0.2, 0.25) is 0 Å². The summed E-state index contributed by atoms with van der Waals surface area (Å²) in [5, 5.41) is 11.9. The summed E-state index contributed by atoms with van der Waals surface area (Å²) in [6, 6.07) is -0.851. The normalized spacial score (nSPS) is 12.6. The van der Waals surface area contributed by atoms with Crippen LogP contribution >= 0.6 is 0 Å². The lowest BCUT2D eigenvalue weighted by Gasteiger charge is -2.18. The maximum Gasteiger partial charge on any atom is 0.326 e. The number of carboxylic acids is 1. The number of nitrogens with one attached hydrogen (secondary N) is 1. The van der Waals surface area contributed by atoms with Gasteiger partial charge in [0.25, 0.3) is 0 Å². The Morgan fingerprint density at radius 1 is 0.543 bits per heavy atom. The van der Waals surface area contributed by atoms with Crippen LogP contribution in [0.1, 0.15) is 213 Å². The quantitative estimate of drug-likeness (QED) is 0.0458. The molecule has 0 saturated carbocycles. The first kappa shape index (κ1) is 44.4. The molecule has 2 unspecified atom stereocenters. The monoisotopic (exact) mass is 653 g/mol. The van der Waals surface area contributed by atoms with Crippen molar-refractivity contribution in [3.63, 3.8) is 0 Å². The van der Waals surface area contributed by atoms with Crippen molar-refractivity contribution in [1.29, 1.82) is 0 Å². The van der Waals surface area contributed by atoms with Gasteiger partial charge in [-0.15, -0.1) is 0 Å². The number of carbonyl (C=O) groups is 3. The lowest BCUT2D eigenvalue weighted by atomic mass is 10.0. The molecule has 0 aromatic carbocycles. The fraction of sp³-hybridized carbons (Fsp3) is 0.923. The van der Waals surface area contributed by atoms with Crippen LogP contribution in [0.25, 0.3) is 0 Å². The molecule has 1 amide bonds. The predicted molar refractivity (Wildman–Crippen MR) is 193 cm³/mol. The molecule has 0 aliphatic carbocycles. The van der Waals surface area contributed by atoms with E-state index < -0.39 is 12.0 Å². The van der Waals surface area contributed by atoms with E-state index in [0.717, 1.165) is 64.2 Å². The second-order valence-corrected chi connectivity index (χ2v) is 13.7. The molecule has 7 nitrogen and oxygen atoms in total. The van der Waals surface area contributed by atoms with Gasteiger partial charge in [-0.1, -0.05) is 149 Å². The van der Waals surface area contributed by atoms with E-state index in [1.165, 1.54) is 109 Å². The first-order valence-corrected chi connectivity index (χ1v) is 19.9. The van der Waals surface area contributed by atoms with Gasteiger partial charge in [0, 0.05) is 12.8 Å². The molecular weight excluding hydrogens is 576 g/mol. The molecule has 0 aliphatic heterocycles. The number of ether oxygens (including phenoxy) is 1. The molecule has 7 heteroatoms. The van der Waals surface area contributed by atoms with E-state index in [0.29, 0.717) is 32.2 Å². The van der Waals surface area contributed by atoms with Gasteiger partial charge in [0.1, 0.15) is 12.1 Å². The van der Waals surface area contributed by atoms with Crippen LogP contribution in [-0.2, 0) is 19.1 Å². The van der Waals surface area contributed by atoms with E-state index in [2.05, 4.69) is 19.2 Å². The lowest BCUT2D eigenvalue weighted by Crippen LogP contribution is -2.40. The Bertz CT molecular complexity index is 702. The van der Waals surface area contributed by atoms with Crippen LogP contribution in [0.15, 0.2) is 0 Å². The number of carbonyl (C=O) groups excluding carboxylic acids is 2. The SMILES string of the molecule is CCCCCCCCCCCCC(=O)OC(CCCCCCCCCCCC)CCCCCCCC(=O)NC(CCCN)C(=O)O. The minimum absolute atomic E-state index is 0.0196. The third-order valence-corrected chi connectivity index (χ3v) is 9.17. The largest absolute Gasteiger partial charge is 0.480 e. The summed E-state index contributed by atoms with van der Waals surface area (Å²) in [7, 11) is 0. The van der Waals surface area contributed by atoms with Crippen molar-refractivity contribution in [2.75, 3.05) is 6.54 Å². The number of aliphatic carboxylic acids is 1. The van der Waals surface area contributed by atoms with Crippen molar-refractivity contribution in [3.8, 4) is 0 Å². The van der Waals surface area contributed by atoms with Gasteiger partial charge >= 0.3 is 11.9 Å². The summed E-state index contributed by atoms with van der Waals surface area (Å²) in [6.07, 6.45) is 34.2. The van der Waals surface area contributed by atoms with Crippen LogP contribution in [0.4, 0.5) is 0 Å². The molecule has 0 saturated heterocycles. The highest BCUT2D eigenvalue weighted by molar-refractivity contribution is 5.83. The summed E-state index contributed by atoms with van der Waals surface area (Å²) in [4.78, 5) is 36.2. The molecule has 0 radical (unpaired) electrons. The summed E-state index contributed by atoms with van der Waals surface area (Å²) >= 11 is 0. The smallest absolute Gasteiger partial charge is 0.326 e. The highest BCUT2D eigenvalue weighted by atomic mass is 16.5. The molecule has 2 atom stereocenters. The van der Waals surface area contributed by atoms with Gasteiger partial charge in [-0.2, -0.15) is 0 Å².